The van der Waals surface area contributed by atoms with Crippen molar-refractivity contribution in [3.63, 3.8) is 0 Å². The van der Waals surface area contributed by atoms with Gasteiger partial charge in [0.1, 0.15) is 11.5 Å². The Bertz CT molecular complexity index is 816. The van der Waals surface area contributed by atoms with Crippen LogP contribution in [0.4, 0.5) is 0 Å². The van der Waals surface area contributed by atoms with Crippen molar-refractivity contribution in [3.05, 3.63) is 113 Å². The first-order valence-corrected chi connectivity index (χ1v) is 7.70. The molecule has 0 atom stereocenters. The normalized spacial score (nSPS) is 17.2. The Labute approximate surface area is 137 Å². The molecule has 0 saturated carbocycles. The van der Waals surface area contributed by atoms with Gasteiger partial charge in [0.2, 0.25) is 0 Å². The molecular weight excluding hydrogens is 280 g/mol. The molecule has 0 saturated heterocycles. The summed E-state index contributed by atoms with van der Waals surface area (Å²) in [4.78, 5) is 0. The van der Waals surface area contributed by atoms with Gasteiger partial charge >= 0.3 is 0 Å². The van der Waals surface area contributed by atoms with Crippen LogP contribution in [0, 0.1) is 0 Å². The highest BCUT2D eigenvalue weighted by atomic mass is 16.5. The molecule has 1 heterocycles. The van der Waals surface area contributed by atoms with Crippen LogP contribution in [0.25, 0.3) is 6.08 Å². The highest BCUT2D eigenvalue weighted by molar-refractivity contribution is 5.54. The van der Waals surface area contributed by atoms with E-state index in [1.165, 1.54) is 0 Å². The number of hydrogen-bond donors (Lipinski definition) is 0. The lowest BCUT2D eigenvalue weighted by molar-refractivity contribution is 0.332. The van der Waals surface area contributed by atoms with Crippen LogP contribution in [0.2, 0.25) is 0 Å². The summed E-state index contributed by atoms with van der Waals surface area (Å²) in [6.45, 7) is 4.02. The molecule has 0 radical (unpaired) electrons. The Hall–Kier alpha value is -2.98. The van der Waals surface area contributed by atoms with Crippen molar-refractivity contribution in [2.75, 3.05) is 0 Å². The summed E-state index contributed by atoms with van der Waals surface area (Å²) >= 11 is 0. The van der Waals surface area contributed by atoms with Crippen molar-refractivity contribution in [3.8, 4) is 0 Å². The first-order valence-electron chi connectivity index (χ1n) is 7.70. The molecule has 1 aliphatic heterocycles. The van der Waals surface area contributed by atoms with Gasteiger partial charge < -0.3 is 4.74 Å². The largest absolute Gasteiger partial charge is 0.457 e. The summed E-state index contributed by atoms with van der Waals surface area (Å²) in [6, 6.07) is 10.2. The number of benzene rings is 1. The van der Waals surface area contributed by atoms with Crippen LogP contribution >= 0.6 is 0 Å². The zero-order valence-corrected chi connectivity index (χ0v) is 13.0. The Kier molecular flexibility index (Phi) is 4.76. The monoisotopic (exact) mass is 298 g/mol. The first kappa shape index (κ1) is 14.9. The maximum absolute atomic E-state index is 5.89. The molecule has 1 nitrogen and oxygen atoms in total. The number of hydrogen-bond acceptors (Lipinski definition) is 1. The number of allylic oxidation sites excluding steroid dienone is 8. The predicted octanol–water partition coefficient (Wildman–Crippen LogP) is 5.64. The third-order valence-electron chi connectivity index (χ3n) is 3.47. The molecule has 1 heteroatoms. The summed E-state index contributed by atoms with van der Waals surface area (Å²) < 4.78 is 5.89. The molecule has 112 valence electrons. The second-order valence-electron chi connectivity index (χ2n) is 5.39. The molecule has 0 aromatic heterocycles. The molecular formula is C22H18O. The zero-order valence-electron chi connectivity index (χ0n) is 13.0. The predicted molar refractivity (Wildman–Crippen MR) is 95.4 cm³/mol. The molecule has 0 unspecified atom stereocenters. The fourth-order valence-corrected chi connectivity index (χ4v) is 2.32. The van der Waals surface area contributed by atoms with Crippen molar-refractivity contribution in [2.24, 2.45) is 0 Å². The van der Waals surface area contributed by atoms with E-state index in [4.69, 9.17) is 4.74 Å². The van der Waals surface area contributed by atoms with E-state index in [1.807, 2.05) is 60.7 Å². The molecule has 0 fully saturated rings. The van der Waals surface area contributed by atoms with E-state index in [0.717, 1.165) is 41.1 Å². The summed E-state index contributed by atoms with van der Waals surface area (Å²) in [5.74, 6) is 1.57. The van der Waals surface area contributed by atoms with Gasteiger partial charge in [-0.15, -0.1) is 0 Å². The average Bonchev–Trinajstić information content (AvgIpc) is 2.60. The maximum Gasteiger partial charge on any atom is 0.128 e. The summed E-state index contributed by atoms with van der Waals surface area (Å²) in [5, 5.41) is 0. The molecule has 0 N–H and O–H groups in total. The highest BCUT2D eigenvalue weighted by Gasteiger charge is 2.06. The van der Waals surface area contributed by atoms with Gasteiger partial charge in [0.15, 0.2) is 0 Å². The Balaban J connectivity index is 1.70. The second kappa shape index (κ2) is 7.33. The van der Waals surface area contributed by atoms with E-state index in [9.17, 15) is 0 Å². The topological polar surface area (TPSA) is 9.23 Å². The van der Waals surface area contributed by atoms with Gasteiger partial charge in [-0.1, -0.05) is 54.4 Å². The van der Waals surface area contributed by atoms with Gasteiger partial charge in [0.25, 0.3) is 0 Å². The zero-order chi connectivity index (χ0) is 15.9. The smallest absolute Gasteiger partial charge is 0.128 e. The lowest BCUT2D eigenvalue weighted by Crippen LogP contribution is -1.96. The second-order valence-corrected chi connectivity index (χ2v) is 5.39. The average molecular weight is 298 g/mol. The van der Waals surface area contributed by atoms with Gasteiger partial charge in [-0.05, 0) is 60.4 Å². The van der Waals surface area contributed by atoms with Crippen molar-refractivity contribution in [1.82, 2.24) is 0 Å². The van der Waals surface area contributed by atoms with Crippen molar-refractivity contribution < 1.29 is 4.74 Å². The van der Waals surface area contributed by atoms with Gasteiger partial charge in [-0.25, -0.2) is 0 Å². The summed E-state index contributed by atoms with van der Waals surface area (Å²) in [7, 11) is 0. The van der Waals surface area contributed by atoms with Crippen LogP contribution in [0.1, 0.15) is 18.4 Å². The fourth-order valence-electron chi connectivity index (χ4n) is 2.32. The quantitative estimate of drug-likeness (QED) is 0.653. The van der Waals surface area contributed by atoms with E-state index in [1.54, 1.807) is 0 Å². The summed E-state index contributed by atoms with van der Waals surface area (Å²) in [6.07, 6.45) is 15.9. The summed E-state index contributed by atoms with van der Waals surface area (Å²) in [5.41, 5.74) is 9.34. The maximum atomic E-state index is 5.89. The van der Waals surface area contributed by atoms with Gasteiger partial charge in [0.05, 0.1) is 0 Å². The Morgan fingerprint density at radius 1 is 0.957 bits per heavy atom. The number of ether oxygens (including phenoxy) is 1. The highest BCUT2D eigenvalue weighted by Crippen LogP contribution is 2.21. The van der Waals surface area contributed by atoms with Crippen LogP contribution < -0.4 is 0 Å². The van der Waals surface area contributed by atoms with Gasteiger partial charge in [-0.3, -0.25) is 0 Å². The molecule has 0 spiro atoms. The molecule has 1 aromatic carbocycles. The standard InChI is InChI=1S/C22H18O/c1-18-16-21(14-12-19-8-4-2-5-9-19)23-22(17-18)15-13-20-10-6-3-7-11-20/h2-5,8-9,12-17H,1,6,10H2/b14-12+,15-13+. The minimum Gasteiger partial charge on any atom is -0.457 e. The number of rotatable bonds is 4. The Morgan fingerprint density at radius 3 is 2.39 bits per heavy atom. The Morgan fingerprint density at radius 2 is 1.70 bits per heavy atom. The minimum absolute atomic E-state index is 0.786. The molecule has 3 rings (SSSR count). The van der Waals surface area contributed by atoms with Gasteiger partial charge in [-0.2, -0.15) is 0 Å². The molecule has 1 aromatic rings. The minimum atomic E-state index is 0.786. The fraction of sp³-hybridized carbons (Fsp3) is 0.0909. The third kappa shape index (κ3) is 4.49. The van der Waals surface area contributed by atoms with Crippen LogP contribution in [-0.2, 0) is 4.74 Å². The first-order chi connectivity index (χ1) is 11.3. The molecule has 0 amide bonds. The van der Waals surface area contributed by atoms with Crippen molar-refractivity contribution in [2.45, 2.75) is 12.8 Å². The van der Waals surface area contributed by atoms with E-state index in [-0.39, 0.29) is 0 Å². The van der Waals surface area contributed by atoms with Crippen LogP contribution in [0.15, 0.2) is 107 Å². The van der Waals surface area contributed by atoms with Crippen molar-refractivity contribution in [1.29, 1.82) is 0 Å². The van der Waals surface area contributed by atoms with Crippen LogP contribution in [0.5, 0.6) is 0 Å². The van der Waals surface area contributed by atoms with E-state index in [2.05, 4.69) is 30.2 Å². The third-order valence-corrected chi connectivity index (χ3v) is 3.47. The lowest BCUT2D eigenvalue weighted by atomic mass is 10.1. The van der Waals surface area contributed by atoms with Crippen molar-refractivity contribution >= 4 is 6.08 Å². The van der Waals surface area contributed by atoms with E-state index < -0.39 is 0 Å². The van der Waals surface area contributed by atoms with Crippen LogP contribution in [0.3, 0.4) is 0 Å². The van der Waals surface area contributed by atoms with Crippen LogP contribution in [-0.4, -0.2) is 0 Å². The molecule has 0 bridgehead atoms. The van der Waals surface area contributed by atoms with E-state index in [0.29, 0.717) is 0 Å². The van der Waals surface area contributed by atoms with Gasteiger partial charge in [0, 0.05) is 5.57 Å². The SMILES string of the molecule is C=C1C=C(/C=C/C2=C=C=CCC2)OC(/C=C/c2ccccc2)=C1. The lowest BCUT2D eigenvalue weighted by Gasteiger charge is -2.13. The molecule has 2 aliphatic rings. The molecule has 23 heavy (non-hydrogen) atoms. The van der Waals surface area contributed by atoms with E-state index >= 15 is 0 Å². The molecule has 1 aliphatic carbocycles.